The number of pyridine rings is 1. The summed E-state index contributed by atoms with van der Waals surface area (Å²) in [5.41, 5.74) is 10.6. The Morgan fingerprint density at radius 2 is 1.10 bits per heavy atom. The highest BCUT2D eigenvalue weighted by atomic mass is 15.1. The number of aromatic nitrogens is 5. The quantitative estimate of drug-likeness (QED) is 0.188. The highest BCUT2D eigenvalue weighted by Gasteiger charge is 2.20. The molecule has 0 N–H and O–H groups in total. The summed E-state index contributed by atoms with van der Waals surface area (Å²) in [7, 11) is 0. The van der Waals surface area contributed by atoms with E-state index in [9.17, 15) is 0 Å². The van der Waals surface area contributed by atoms with E-state index >= 15 is 0 Å². The van der Waals surface area contributed by atoms with E-state index in [0.717, 1.165) is 61.5 Å². The van der Waals surface area contributed by atoms with Gasteiger partial charge in [0, 0.05) is 50.6 Å². The lowest BCUT2D eigenvalue weighted by Crippen LogP contribution is -2.02. The molecule has 0 spiro atoms. The highest BCUT2D eigenvalue weighted by Crippen LogP contribution is 2.41. The van der Waals surface area contributed by atoms with Crippen LogP contribution < -0.4 is 0 Å². The topological polar surface area (TPSA) is 48.5 Å². The van der Waals surface area contributed by atoms with Crippen molar-refractivity contribution in [3.8, 4) is 45.3 Å². The van der Waals surface area contributed by atoms with Crippen LogP contribution in [0.25, 0.3) is 89.0 Å². The van der Waals surface area contributed by atoms with Crippen molar-refractivity contribution in [3.63, 3.8) is 0 Å². The second-order valence-corrected chi connectivity index (χ2v) is 12.5. The molecule has 10 aromatic rings. The molecule has 0 atom stereocenters. The molecule has 0 aliphatic carbocycles. The molecule has 0 aliphatic rings. The van der Waals surface area contributed by atoms with Crippen molar-refractivity contribution >= 4 is 43.7 Å². The molecule has 0 bridgehead atoms. The van der Waals surface area contributed by atoms with Gasteiger partial charge in [0.05, 0.1) is 22.2 Å². The van der Waals surface area contributed by atoms with Gasteiger partial charge in [-0.15, -0.1) is 0 Å². The average Bonchev–Trinajstić information content (AvgIpc) is 3.71. The van der Waals surface area contributed by atoms with Crippen LogP contribution >= 0.6 is 0 Å². The lowest BCUT2D eigenvalue weighted by Gasteiger charge is -2.12. The number of hydrogen-bond donors (Lipinski definition) is 0. The number of nitrogens with zero attached hydrogens (tertiary/aromatic N) is 5. The molecule has 4 aromatic heterocycles. The van der Waals surface area contributed by atoms with Crippen LogP contribution in [0, 0.1) is 0 Å². The zero-order valence-electron chi connectivity index (χ0n) is 27.0. The molecule has 50 heavy (non-hydrogen) atoms. The number of hydrogen-bond acceptors (Lipinski definition) is 3. The third kappa shape index (κ3) is 4.45. The standard InChI is InChI=1S/C45H29N5/c1-4-14-30(15-5-1)38-29-42(48-44(47-38)31-16-6-2-7-17-31)50-39-23-11-10-20-36(39)43-34(21-12-24-41(43)50)32-25-26-40-37(28-32)35-22-13-27-46-45(35)49(40)33-18-8-3-9-19-33/h1-29H. The molecule has 10 rings (SSSR count). The minimum atomic E-state index is 0.693. The van der Waals surface area contributed by atoms with E-state index in [2.05, 4.69) is 143 Å². The molecular weight excluding hydrogens is 611 g/mol. The molecule has 0 saturated heterocycles. The van der Waals surface area contributed by atoms with Gasteiger partial charge in [0.2, 0.25) is 0 Å². The summed E-state index contributed by atoms with van der Waals surface area (Å²) in [4.78, 5) is 15.1. The Balaban J connectivity index is 1.23. The maximum atomic E-state index is 5.22. The summed E-state index contributed by atoms with van der Waals surface area (Å²) in [5.74, 6) is 1.52. The molecule has 0 unspecified atom stereocenters. The third-order valence-corrected chi connectivity index (χ3v) is 9.59. The smallest absolute Gasteiger partial charge is 0.162 e. The minimum Gasteiger partial charge on any atom is -0.294 e. The van der Waals surface area contributed by atoms with Gasteiger partial charge in [-0.25, -0.2) is 15.0 Å². The molecule has 234 valence electrons. The second kappa shape index (κ2) is 11.4. The lowest BCUT2D eigenvalue weighted by molar-refractivity contribution is 1.05. The normalized spacial score (nSPS) is 11.6. The van der Waals surface area contributed by atoms with E-state index in [4.69, 9.17) is 15.0 Å². The maximum absolute atomic E-state index is 5.22. The molecular formula is C45H29N5. The van der Waals surface area contributed by atoms with E-state index in [1.165, 1.54) is 21.7 Å². The summed E-state index contributed by atoms with van der Waals surface area (Å²) in [6, 6.07) is 59.4. The van der Waals surface area contributed by atoms with Gasteiger partial charge in [0.1, 0.15) is 11.5 Å². The Bertz CT molecular complexity index is 2800. The van der Waals surface area contributed by atoms with Crippen LogP contribution in [0.5, 0.6) is 0 Å². The van der Waals surface area contributed by atoms with Gasteiger partial charge in [-0.2, -0.15) is 0 Å². The summed E-state index contributed by atoms with van der Waals surface area (Å²) in [6.07, 6.45) is 1.87. The van der Waals surface area contributed by atoms with Crippen molar-refractivity contribution in [1.82, 2.24) is 24.1 Å². The maximum Gasteiger partial charge on any atom is 0.162 e. The van der Waals surface area contributed by atoms with E-state index in [1.807, 2.05) is 42.6 Å². The van der Waals surface area contributed by atoms with E-state index in [0.29, 0.717) is 5.82 Å². The van der Waals surface area contributed by atoms with Crippen LogP contribution in [0.3, 0.4) is 0 Å². The molecule has 0 radical (unpaired) electrons. The first-order valence-electron chi connectivity index (χ1n) is 16.8. The molecule has 0 fully saturated rings. The number of rotatable bonds is 5. The van der Waals surface area contributed by atoms with Crippen LogP contribution in [0.4, 0.5) is 0 Å². The zero-order valence-corrected chi connectivity index (χ0v) is 27.0. The molecule has 4 heterocycles. The van der Waals surface area contributed by atoms with Crippen LogP contribution in [0.2, 0.25) is 0 Å². The lowest BCUT2D eigenvalue weighted by atomic mass is 9.98. The monoisotopic (exact) mass is 639 g/mol. The molecule has 5 nitrogen and oxygen atoms in total. The fraction of sp³-hybridized carbons (Fsp3) is 0. The first kappa shape index (κ1) is 28.2. The molecule has 0 saturated carbocycles. The second-order valence-electron chi connectivity index (χ2n) is 12.5. The Kier molecular flexibility index (Phi) is 6.42. The third-order valence-electron chi connectivity index (χ3n) is 9.59. The van der Waals surface area contributed by atoms with Crippen molar-refractivity contribution in [2.45, 2.75) is 0 Å². The van der Waals surface area contributed by atoms with E-state index < -0.39 is 0 Å². The number of fused-ring (bicyclic) bond motifs is 6. The Labute approximate surface area is 288 Å². The van der Waals surface area contributed by atoms with Crippen molar-refractivity contribution in [1.29, 1.82) is 0 Å². The van der Waals surface area contributed by atoms with Gasteiger partial charge in [-0.05, 0) is 59.7 Å². The Morgan fingerprint density at radius 1 is 0.420 bits per heavy atom. The van der Waals surface area contributed by atoms with Crippen LogP contribution in [0.1, 0.15) is 0 Å². The van der Waals surface area contributed by atoms with Crippen molar-refractivity contribution in [2.24, 2.45) is 0 Å². The predicted octanol–water partition coefficient (Wildman–Crippen LogP) is 11.1. The van der Waals surface area contributed by atoms with Gasteiger partial charge >= 0.3 is 0 Å². The highest BCUT2D eigenvalue weighted by molar-refractivity contribution is 6.17. The number of benzene rings is 6. The molecule has 0 aliphatic heterocycles. The largest absolute Gasteiger partial charge is 0.294 e. The summed E-state index contributed by atoms with van der Waals surface area (Å²) < 4.78 is 4.54. The Morgan fingerprint density at radius 3 is 1.92 bits per heavy atom. The van der Waals surface area contributed by atoms with Crippen LogP contribution in [-0.4, -0.2) is 24.1 Å². The van der Waals surface area contributed by atoms with Gasteiger partial charge in [-0.1, -0.05) is 115 Å². The summed E-state index contributed by atoms with van der Waals surface area (Å²) in [5, 5.41) is 4.66. The first-order valence-corrected chi connectivity index (χ1v) is 16.8. The minimum absolute atomic E-state index is 0.693. The van der Waals surface area contributed by atoms with Crippen molar-refractivity contribution < 1.29 is 0 Å². The summed E-state index contributed by atoms with van der Waals surface area (Å²) >= 11 is 0. The summed E-state index contributed by atoms with van der Waals surface area (Å²) in [6.45, 7) is 0. The van der Waals surface area contributed by atoms with Crippen LogP contribution in [-0.2, 0) is 0 Å². The van der Waals surface area contributed by atoms with E-state index in [-0.39, 0.29) is 0 Å². The zero-order chi connectivity index (χ0) is 33.0. The fourth-order valence-electron chi connectivity index (χ4n) is 7.38. The van der Waals surface area contributed by atoms with Crippen LogP contribution in [0.15, 0.2) is 176 Å². The first-order chi connectivity index (χ1) is 24.8. The van der Waals surface area contributed by atoms with Crippen molar-refractivity contribution in [2.75, 3.05) is 0 Å². The molecule has 6 aromatic carbocycles. The van der Waals surface area contributed by atoms with Gasteiger partial charge < -0.3 is 0 Å². The molecule has 5 heteroatoms. The van der Waals surface area contributed by atoms with Gasteiger partial charge in [-0.3, -0.25) is 9.13 Å². The van der Waals surface area contributed by atoms with Gasteiger partial charge in [0.15, 0.2) is 5.82 Å². The van der Waals surface area contributed by atoms with Crippen molar-refractivity contribution in [3.05, 3.63) is 176 Å². The predicted molar refractivity (Wildman–Crippen MR) is 205 cm³/mol. The Hall–Kier alpha value is -6.85. The fourth-order valence-corrected chi connectivity index (χ4v) is 7.38. The average molecular weight is 640 g/mol. The SMILES string of the molecule is c1ccc(-c2cc(-n3c4ccccc4c4c(-c5ccc6c(c5)c5cccnc5n6-c5ccccc5)cccc43)nc(-c3ccccc3)n2)cc1. The number of para-hydroxylation sites is 2. The van der Waals surface area contributed by atoms with E-state index in [1.54, 1.807) is 0 Å². The molecule has 0 amide bonds. The van der Waals surface area contributed by atoms with Gasteiger partial charge in [0.25, 0.3) is 0 Å².